The first-order valence-corrected chi connectivity index (χ1v) is 6.96. The maximum Gasteiger partial charge on any atom is 0.471 e. The highest BCUT2D eigenvalue weighted by atomic mass is 19.4. The van der Waals surface area contributed by atoms with E-state index in [1.165, 1.54) is 0 Å². The monoisotopic (exact) mass is 338 g/mol. The maximum absolute atomic E-state index is 12.5. The lowest BCUT2D eigenvalue weighted by Crippen LogP contribution is -2.05. The van der Waals surface area contributed by atoms with Gasteiger partial charge in [-0.2, -0.15) is 23.1 Å². The van der Waals surface area contributed by atoms with Crippen molar-refractivity contribution in [3.63, 3.8) is 0 Å². The molecular weight excluding hydrogens is 325 g/mol. The molecule has 0 fully saturated rings. The second-order valence-corrected chi connectivity index (χ2v) is 5.01. The number of rotatable bonds is 4. The zero-order valence-electron chi connectivity index (χ0n) is 12.8. The summed E-state index contributed by atoms with van der Waals surface area (Å²) in [6.07, 6.45) is -4.65. The molecule has 2 aromatic heterocycles. The first-order chi connectivity index (χ1) is 11.4. The van der Waals surface area contributed by atoms with Crippen molar-refractivity contribution >= 4 is 5.95 Å². The topological polar surface area (TPSA) is 81.7 Å². The molecule has 0 atom stereocenters. The van der Waals surface area contributed by atoms with Crippen molar-refractivity contribution in [3.8, 4) is 11.4 Å². The van der Waals surface area contributed by atoms with Crippen LogP contribution in [0, 0.1) is 6.92 Å². The summed E-state index contributed by atoms with van der Waals surface area (Å²) in [5.74, 6) is -0.199. The van der Waals surface area contributed by atoms with Crippen LogP contribution >= 0.6 is 0 Å². The number of hydrogen-bond donors (Lipinski definition) is 1. The smallest absolute Gasteiger partial charge is 0.356 e. The third-order valence-electron chi connectivity index (χ3n) is 3.29. The lowest BCUT2D eigenvalue weighted by molar-refractivity contribution is -0.159. The molecular formula is C14H13F3N6O. The molecule has 0 aliphatic carbocycles. The van der Waals surface area contributed by atoms with Gasteiger partial charge in [0.15, 0.2) is 0 Å². The lowest BCUT2D eigenvalue weighted by atomic mass is 10.1. The van der Waals surface area contributed by atoms with Crippen molar-refractivity contribution < 1.29 is 17.7 Å². The Bertz CT molecular complexity index is 837. The number of hydrogen-bond acceptors (Lipinski definition) is 6. The molecule has 0 spiro atoms. The summed E-state index contributed by atoms with van der Waals surface area (Å²) in [7, 11) is 1.73. The normalized spacial score (nSPS) is 11.7. The molecule has 10 heteroatoms. The van der Waals surface area contributed by atoms with Gasteiger partial charge in [-0.25, -0.2) is 4.68 Å². The van der Waals surface area contributed by atoms with Gasteiger partial charge in [0.2, 0.25) is 11.8 Å². The second kappa shape index (κ2) is 5.95. The molecule has 24 heavy (non-hydrogen) atoms. The van der Waals surface area contributed by atoms with Crippen LogP contribution < -0.4 is 5.32 Å². The van der Waals surface area contributed by atoms with E-state index in [1.807, 2.05) is 6.92 Å². The van der Waals surface area contributed by atoms with Crippen LogP contribution in [0.25, 0.3) is 11.4 Å². The van der Waals surface area contributed by atoms with Crippen molar-refractivity contribution in [2.45, 2.75) is 19.6 Å². The van der Waals surface area contributed by atoms with Crippen LogP contribution in [0.2, 0.25) is 0 Å². The number of aromatic nitrogens is 5. The van der Waals surface area contributed by atoms with Crippen molar-refractivity contribution in [2.24, 2.45) is 0 Å². The number of halogens is 3. The summed E-state index contributed by atoms with van der Waals surface area (Å²) in [6, 6.07) is 6.79. The maximum atomic E-state index is 12.5. The van der Waals surface area contributed by atoms with E-state index in [2.05, 4.69) is 30.1 Å². The van der Waals surface area contributed by atoms with E-state index >= 15 is 0 Å². The van der Waals surface area contributed by atoms with Crippen molar-refractivity contribution in [3.05, 3.63) is 41.5 Å². The minimum atomic E-state index is -4.65. The predicted molar refractivity (Wildman–Crippen MR) is 78.1 cm³/mol. The van der Waals surface area contributed by atoms with Crippen molar-refractivity contribution in [1.29, 1.82) is 0 Å². The van der Waals surface area contributed by atoms with Gasteiger partial charge in [-0.15, -0.1) is 5.10 Å². The largest absolute Gasteiger partial charge is 0.471 e. The molecule has 126 valence electrons. The number of anilines is 1. The molecule has 3 aromatic rings. The molecule has 0 aliphatic rings. The zero-order chi connectivity index (χ0) is 17.3. The van der Waals surface area contributed by atoms with E-state index in [0.717, 1.165) is 11.4 Å². The lowest BCUT2D eigenvalue weighted by Gasteiger charge is -2.04. The third kappa shape index (κ3) is 3.21. The van der Waals surface area contributed by atoms with E-state index in [4.69, 9.17) is 0 Å². The first kappa shape index (κ1) is 16.0. The predicted octanol–water partition coefficient (Wildman–Crippen LogP) is 2.75. The quantitative estimate of drug-likeness (QED) is 0.788. The first-order valence-electron chi connectivity index (χ1n) is 6.96. The van der Waals surface area contributed by atoms with Crippen molar-refractivity contribution in [1.82, 2.24) is 24.9 Å². The number of alkyl halides is 3. The van der Waals surface area contributed by atoms with Crippen LogP contribution in [0.4, 0.5) is 19.1 Å². The van der Waals surface area contributed by atoms with Gasteiger partial charge < -0.3 is 9.84 Å². The highest BCUT2D eigenvalue weighted by Crippen LogP contribution is 2.29. The Balaban J connectivity index is 1.78. The standard InChI is InChI=1S/C14H13F3N6O/c1-8-19-13(18-2)21-23(8)7-9-3-5-10(6-4-9)11-20-12(24-22-11)14(15,16)17/h3-6H,7H2,1-2H3,(H,18,21). The summed E-state index contributed by atoms with van der Waals surface area (Å²) in [4.78, 5) is 7.57. The van der Waals surface area contributed by atoms with Gasteiger partial charge in [-0.05, 0) is 12.5 Å². The fourth-order valence-electron chi connectivity index (χ4n) is 2.06. The Hall–Kier alpha value is -2.91. The molecule has 0 amide bonds. The summed E-state index contributed by atoms with van der Waals surface area (Å²) in [5.41, 5.74) is 1.35. The number of nitrogens with zero attached hydrogens (tertiary/aromatic N) is 5. The van der Waals surface area contributed by atoms with Crippen LogP contribution in [0.1, 0.15) is 17.3 Å². The fourth-order valence-corrected chi connectivity index (χ4v) is 2.06. The summed E-state index contributed by atoms with van der Waals surface area (Å²) in [5, 5.41) is 10.5. The van der Waals surface area contributed by atoms with Gasteiger partial charge in [-0.1, -0.05) is 29.4 Å². The number of benzene rings is 1. The molecule has 0 saturated heterocycles. The van der Waals surface area contributed by atoms with E-state index in [-0.39, 0.29) is 5.82 Å². The molecule has 1 N–H and O–H groups in total. The molecule has 0 unspecified atom stereocenters. The Kier molecular flexibility index (Phi) is 3.96. The SMILES string of the molecule is CNc1nc(C)n(Cc2ccc(-c3noc(C(F)(F)F)n3)cc2)n1. The molecule has 3 rings (SSSR count). The van der Waals surface area contributed by atoms with Gasteiger partial charge >= 0.3 is 12.1 Å². The van der Waals surface area contributed by atoms with Crippen LogP contribution in [0.15, 0.2) is 28.8 Å². The molecule has 2 heterocycles. The van der Waals surface area contributed by atoms with Crippen LogP contribution in [-0.2, 0) is 12.7 Å². The van der Waals surface area contributed by atoms with Gasteiger partial charge in [0.1, 0.15) is 5.82 Å². The van der Waals surface area contributed by atoms with Crippen LogP contribution in [-0.4, -0.2) is 32.0 Å². The van der Waals surface area contributed by atoms with E-state index in [1.54, 1.807) is 36.0 Å². The van der Waals surface area contributed by atoms with Crippen LogP contribution in [0.5, 0.6) is 0 Å². The average molecular weight is 338 g/mol. The van der Waals surface area contributed by atoms with Gasteiger partial charge in [-0.3, -0.25) is 0 Å². The van der Waals surface area contributed by atoms with E-state index in [9.17, 15) is 13.2 Å². The van der Waals surface area contributed by atoms with Crippen molar-refractivity contribution in [2.75, 3.05) is 12.4 Å². The molecule has 7 nitrogen and oxygen atoms in total. The highest BCUT2D eigenvalue weighted by Gasteiger charge is 2.38. The summed E-state index contributed by atoms with van der Waals surface area (Å²) >= 11 is 0. The number of nitrogens with one attached hydrogen (secondary N) is 1. The Labute approximate surface area is 134 Å². The van der Waals surface area contributed by atoms with Crippen LogP contribution in [0.3, 0.4) is 0 Å². The Morgan fingerprint density at radius 2 is 1.88 bits per heavy atom. The second-order valence-electron chi connectivity index (χ2n) is 5.01. The Morgan fingerprint density at radius 1 is 1.17 bits per heavy atom. The van der Waals surface area contributed by atoms with E-state index in [0.29, 0.717) is 18.1 Å². The molecule has 0 bridgehead atoms. The summed E-state index contributed by atoms with van der Waals surface area (Å²) < 4.78 is 43.4. The van der Waals surface area contributed by atoms with Gasteiger partial charge in [0.25, 0.3) is 0 Å². The molecule has 0 aliphatic heterocycles. The van der Waals surface area contributed by atoms with Gasteiger partial charge in [0, 0.05) is 12.6 Å². The molecule has 0 radical (unpaired) electrons. The summed E-state index contributed by atoms with van der Waals surface area (Å²) in [6.45, 7) is 2.32. The minimum absolute atomic E-state index is 0.108. The highest BCUT2D eigenvalue weighted by molar-refractivity contribution is 5.54. The van der Waals surface area contributed by atoms with Gasteiger partial charge in [0.05, 0.1) is 6.54 Å². The average Bonchev–Trinajstić information content (AvgIpc) is 3.15. The Morgan fingerprint density at radius 3 is 2.42 bits per heavy atom. The molecule has 1 aromatic carbocycles. The third-order valence-corrected chi connectivity index (χ3v) is 3.29. The minimum Gasteiger partial charge on any atom is -0.356 e. The fraction of sp³-hybridized carbons (Fsp3) is 0.286. The zero-order valence-corrected chi connectivity index (χ0v) is 12.8. The molecule has 0 saturated carbocycles. The van der Waals surface area contributed by atoms with E-state index < -0.39 is 12.1 Å². The number of aryl methyl sites for hydroxylation is 1.